The fourth-order valence-corrected chi connectivity index (χ4v) is 7.21. The molecule has 0 aromatic carbocycles. The van der Waals surface area contributed by atoms with E-state index in [1.165, 1.54) is 40.2 Å². The second kappa shape index (κ2) is 7.25. The molecule has 2 aromatic heterocycles. The van der Waals surface area contributed by atoms with Crippen molar-refractivity contribution in [2.75, 3.05) is 5.08 Å². The van der Waals surface area contributed by atoms with Crippen LogP contribution in [-0.2, 0) is 9.59 Å². The number of amides is 1. The maximum absolute atomic E-state index is 12.2. The number of thioether (sulfide) groups is 3. The molecule has 0 radical (unpaired) electrons. The molecule has 1 fully saturated rings. The number of aliphatic hydroxyl groups is 1. The molecule has 2 aromatic rings. The molecule has 0 saturated carbocycles. The van der Waals surface area contributed by atoms with E-state index in [2.05, 4.69) is 15.1 Å². The number of fused-ring (bicyclic) bond motifs is 2. The molecule has 0 spiro atoms. The lowest BCUT2D eigenvalue weighted by molar-refractivity contribution is -0.156. The quantitative estimate of drug-likeness (QED) is 0.391. The number of aryl methyl sites for hydroxylation is 2. The van der Waals surface area contributed by atoms with E-state index >= 15 is 0 Å². The Labute approximate surface area is 173 Å². The molecule has 1 saturated heterocycles. The summed E-state index contributed by atoms with van der Waals surface area (Å²) in [6, 6.07) is 1.92. The highest BCUT2D eigenvalue weighted by molar-refractivity contribution is 8.27. The first-order chi connectivity index (χ1) is 13.3. The number of carboxylic acid groups (broad SMARTS) is 1. The number of carboxylic acids is 1. The molecule has 4 heterocycles. The highest BCUT2D eigenvalue weighted by Crippen LogP contribution is 2.54. The molecule has 2 aliphatic heterocycles. The Balaban J connectivity index is 1.47. The second-order valence-electron chi connectivity index (χ2n) is 6.48. The Morgan fingerprint density at radius 1 is 1.36 bits per heavy atom. The van der Waals surface area contributed by atoms with Crippen LogP contribution in [0.2, 0.25) is 0 Å². The molecule has 28 heavy (non-hydrogen) atoms. The van der Waals surface area contributed by atoms with Crippen LogP contribution in [0, 0.1) is 19.8 Å². The number of carbonyl (C=O) groups excluding carboxylic acids is 1. The lowest BCUT2D eigenvalue weighted by Crippen LogP contribution is -2.60. The van der Waals surface area contributed by atoms with Crippen LogP contribution in [0.15, 0.2) is 21.2 Å². The number of β-lactam (4-membered cyclic amide) rings is 1. The van der Waals surface area contributed by atoms with E-state index in [0.717, 1.165) is 11.4 Å². The lowest BCUT2D eigenvalue weighted by atomic mass is 9.92. The van der Waals surface area contributed by atoms with Crippen LogP contribution in [-0.4, -0.2) is 63.1 Å². The number of hydrogen-bond donors (Lipinski definition) is 2. The minimum atomic E-state index is -1.14. The van der Waals surface area contributed by atoms with Gasteiger partial charge in [0.2, 0.25) is 11.1 Å². The van der Waals surface area contributed by atoms with Gasteiger partial charge in [-0.25, -0.2) is 14.3 Å². The van der Waals surface area contributed by atoms with Crippen LogP contribution in [0.3, 0.4) is 0 Å². The third kappa shape index (κ3) is 3.17. The van der Waals surface area contributed by atoms with Crippen LogP contribution in [0.5, 0.6) is 0 Å². The third-order valence-corrected chi connectivity index (χ3v) is 8.07. The molecule has 4 rings (SSSR count). The molecule has 2 aliphatic rings. The van der Waals surface area contributed by atoms with E-state index < -0.39 is 18.0 Å². The van der Waals surface area contributed by atoms with Gasteiger partial charge in [-0.1, -0.05) is 23.5 Å². The number of aromatic nitrogens is 4. The van der Waals surface area contributed by atoms with Gasteiger partial charge >= 0.3 is 5.97 Å². The molecular weight excluding hydrogens is 422 g/mol. The molecule has 0 unspecified atom stereocenters. The maximum Gasteiger partial charge on any atom is 0.354 e. The monoisotopic (exact) mass is 439 g/mol. The van der Waals surface area contributed by atoms with Crippen molar-refractivity contribution in [2.24, 2.45) is 5.92 Å². The summed E-state index contributed by atoms with van der Waals surface area (Å²) in [5.41, 5.74) is 1.80. The number of aliphatic hydroxyl groups excluding tert-OH is 1. The van der Waals surface area contributed by atoms with Gasteiger partial charge in [0, 0.05) is 11.4 Å². The van der Waals surface area contributed by atoms with E-state index in [4.69, 9.17) is 0 Å². The Morgan fingerprint density at radius 2 is 2.11 bits per heavy atom. The Bertz CT molecular complexity index is 1020. The van der Waals surface area contributed by atoms with Crippen LogP contribution in [0.4, 0.5) is 0 Å². The molecular formula is C16H17N5O4S3. The fourth-order valence-electron chi connectivity index (χ4n) is 3.20. The first-order valence-corrected chi connectivity index (χ1v) is 11.2. The zero-order valence-electron chi connectivity index (χ0n) is 15.2. The summed E-state index contributed by atoms with van der Waals surface area (Å²) >= 11 is 4.03. The van der Waals surface area contributed by atoms with Gasteiger partial charge in [0.05, 0.1) is 21.3 Å². The Hall–Kier alpha value is -1.76. The van der Waals surface area contributed by atoms with Crippen LogP contribution >= 0.6 is 35.3 Å². The number of aliphatic carboxylic acids is 1. The summed E-state index contributed by atoms with van der Waals surface area (Å²) in [6.07, 6.45) is -0.809. The molecule has 1 amide bonds. The highest BCUT2D eigenvalue weighted by atomic mass is 32.2. The first kappa shape index (κ1) is 19.6. The van der Waals surface area contributed by atoms with Gasteiger partial charge in [0.15, 0.2) is 5.70 Å². The van der Waals surface area contributed by atoms with Crippen molar-refractivity contribution >= 4 is 52.9 Å². The second-order valence-corrected chi connectivity index (χ2v) is 10.2. The zero-order chi connectivity index (χ0) is 20.2. The maximum atomic E-state index is 12.2. The lowest BCUT2D eigenvalue weighted by Gasteiger charge is -2.43. The van der Waals surface area contributed by atoms with Crippen molar-refractivity contribution in [3.63, 3.8) is 0 Å². The molecule has 3 atom stereocenters. The molecule has 0 aliphatic carbocycles. The Kier molecular flexibility index (Phi) is 5.06. The van der Waals surface area contributed by atoms with Crippen molar-refractivity contribution in [2.45, 2.75) is 37.4 Å². The normalized spacial score (nSPS) is 22.6. The predicted molar refractivity (Wildman–Crippen MR) is 107 cm³/mol. The van der Waals surface area contributed by atoms with Gasteiger partial charge in [-0.3, -0.25) is 9.69 Å². The van der Waals surface area contributed by atoms with Crippen molar-refractivity contribution in [3.05, 3.63) is 27.4 Å². The minimum Gasteiger partial charge on any atom is -0.477 e. The van der Waals surface area contributed by atoms with Gasteiger partial charge in [-0.15, -0.1) is 16.9 Å². The topological polar surface area (TPSA) is 121 Å². The largest absolute Gasteiger partial charge is 0.477 e. The summed E-state index contributed by atoms with van der Waals surface area (Å²) in [5.74, 6) is -1.52. The molecule has 0 bridgehead atoms. The highest BCUT2D eigenvalue weighted by Gasteiger charge is 2.57. The number of carbonyl (C=O) groups is 2. The first-order valence-electron chi connectivity index (χ1n) is 8.40. The summed E-state index contributed by atoms with van der Waals surface area (Å²) in [6.45, 7) is 5.38. The third-order valence-electron chi connectivity index (χ3n) is 4.45. The van der Waals surface area contributed by atoms with E-state index in [-0.39, 0.29) is 17.0 Å². The molecule has 12 heteroatoms. The summed E-state index contributed by atoms with van der Waals surface area (Å²) in [4.78, 5) is 33.9. The van der Waals surface area contributed by atoms with Crippen molar-refractivity contribution in [1.82, 2.24) is 24.5 Å². The van der Waals surface area contributed by atoms with Crippen molar-refractivity contribution in [1.29, 1.82) is 0 Å². The van der Waals surface area contributed by atoms with E-state index in [0.29, 0.717) is 20.3 Å². The number of hydrogen-bond acceptors (Lipinski definition) is 9. The number of nitrogens with zero attached hydrogens (tertiary/aromatic N) is 5. The van der Waals surface area contributed by atoms with Gasteiger partial charge in [-0.2, -0.15) is 4.98 Å². The number of rotatable bonds is 6. The summed E-state index contributed by atoms with van der Waals surface area (Å²) < 4.78 is 2.24. The molecule has 9 nitrogen and oxygen atoms in total. The van der Waals surface area contributed by atoms with Gasteiger partial charge in [0.1, 0.15) is 5.37 Å². The summed E-state index contributed by atoms with van der Waals surface area (Å²) in [7, 11) is 0. The van der Waals surface area contributed by atoms with Crippen LogP contribution in [0.25, 0.3) is 5.78 Å². The van der Waals surface area contributed by atoms with Gasteiger partial charge in [0.25, 0.3) is 5.78 Å². The SMILES string of the molecule is Cc1cc(C)n2nc(SCSC3=C(C(=O)O)N4C(=O)[C@H]([C@@H](C)O)[C@H]4S3)nc2n1. The van der Waals surface area contributed by atoms with Gasteiger partial charge in [-0.05, 0) is 26.8 Å². The zero-order valence-corrected chi connectivity index (χ0v) is 17.6. The molecule has 148 valence electrons. The van der Waals surface area contributed by atoms with Crippen molar-refractivity contribution < 1.29 is 19.8 Å². The van der Waals surface area contributed by atoms with Crippen LogP contribution < -0.4 is 0 Å². The summed E-state index contributed by atoms with van der Waals surface area (Å²) in [5, 5.41) is 24.4. The fraction of sp³-hybridized carbons (Fsp3) is 0.438. The van der Waals surface area contributed by atoms with Crippen molar-refractivity contribution in [3.8, 4) is 0 Å². The van der Waals surface area contributed by atoms with Crippen LogP contribution in [0.1, 0.15) is 18.3 Å². The van der Waals surface area contributed by atoms with Gasteiger partial charge < -0.3 is 10.2 Å². The standard InChI is InChI=1S/C16H17N5O4S3/c1-6-4-7(2)21-15(17-6)18-16(19-21)27-5-26-14-10(13(24)25)20-11(23)9(8(3)22)12(20)28-14/h4,8-9,12,22H,5H2,1-3H3,(H,24,25)/t8-,9+,12-/m1/s1. The van der Waals surface area contributed by atoms with E-state index in [1.807, 2.05) is 19.9 Å². The van der Waals surface area contributed by atoms with E-state index in [1.54, 1.807) is 11.4 Å². The minimum absolute atomic E-state index is 0.00130. The Morgan fingerprint density at radius 3 is 2.79 bits per heavy atom. The smallest absolute Gasteiger partial charge is 0.354 e. The average Bonchev–Trinajstić information content (AvgIpc) is 3.14. The van der Waals surface area contributed by atoms with E-state index in [9.17, 15) is 19.8 Å². The average molecular weight is 440 g/mol. The predicted octanol–water partition coefficient (Wildman–Crippen LogP) is 1.69. The molecule has 2 N–H and O–H groups in total.